The molecular formula is C21H32N4O2. The molecule has 0 radical (unpaired) electrons. The summed E-state index contributed by atoms with van der Waals surface area (Å²) in [6.45, 7) is 11.1. The molecule has 2 aromatic rings. The van der Waals surface area contributed by atoms with E-state index in [0.29, 0.717) is 25.6 Å². The summed E-state index contributed by atoms with van der Waals surface area (Å²) in [7, 11) is 1.65. The summed E-state index contributed by atoms with van der Waals surface area (Å²) in [4.78, 5) is 15.1. The fourth-order valence-corrected chi connectivity index (χ4v) is 3.94. The van der Waals surface area contributed by atoms with Crippen LogP contribution in [0.25, 0.3) is 0 Å². The van der Waals surface area contributed by atoms with Crippen molar-refractivity contribution in [3.8, 4) is 0 Å². The molecule has 1 saturated heterocycles. The summed E-state index contributed by atoms with van der Waals surface area (Å²) < 4.78 is 8.50. The summed E-state index contributed by atoms with van der Waals surface area (Å²) in [6.07, 6.45) is 2.09. The van der Waals surface area contributed by atoms with Crippen molar-refractivity contribution in [3.05, 3.63) is 51.2 Å². The van der Waals surface area contributed by atoms with Crippen molar-refractivity contribution in [1.82, 2.24) is 19.2 Å². The number of hydrogen-bond donors (Lipinski definition) is 0. The molecule has 1 fully saturated rings. The van der Waals surface area contributed by atoms with Crippen LogP contribution in [0.3, 0.4) is 0 Å². The smallest absolute Gasteiger partial charge is 0.345 e. The molecule has 0 N–H and O–H groups in total. The average Bonchev–Trinajstić information content (AvgIpc) is 2.99. The van der Waals surface area contributed by atoms with Gasteiger partial charge in [-0.15, -0.1) is 0 Å². The van der Waals surface area contributed by atoms with Gasteiger partial charge in [-0.05, 0) is 57.8 Å². The quantitative estimate of drug-likeness (QED) is 0.750. The zero-order valence-corrected chi connectivity index (χ0v) is 17.1. The fourth-order valence-electron chi connectivity index (χ4n) is 3.94. The van der Waals surface area contributed by atoms with Gasteiger partial charge in [-0.1, -0.05) is 23.8 Å². The molecule has 27 heavy (non-hydrogen) atoms. The van der Waals surface area contributed by atoms with Gasteiger partial charge in [-0.25, -0.2) is 9.48 Å². The van der Waals surface area contributed by atoms with Crippen LogP contribution in [0.5, 0.6) is 0 Å². The molecule has 2 heterocycles. The number of piperidine rings is 1. The van der Waals surface area contributed by atoms with Crippen LogP contribution in [0.2, 0.25) is 0 Å². The maximum Gasteiger partial charge on any atom is 0.345 e. The lowest BCUT2D eigenvalue weighted by molar-refractivity contribution is 0.181. The molecule has 6 heteroatoms. The molecule has 1 aliphatic rings. The molecule has 0 unspecified atom stereocenters. The molecular weight excluding hydrogens is 340 g/mol. The van der Waals surface area contributed by atoms with Crippen LogP contribution in [-0.2, 0) is 24.4 Å². The molecule has 1 aliphatic heterocycles. The van der Waals surface area contributed by atoms with Crippen molar-refractivity contribution in [2.75, 3.05) is 26.8 Å². The Labute approximate surface area is 161 Å². The van der Waals surface area contributed by atoms with Gasteiger partial charge in [0, 0.05) is 26.1 Å². The van der Waals surface area contributed by atoms with Crippen molar-refractivity contribution in [3.63, 3.8) is 0 Å². The van der Waals surface area contributed by atoms with E-state index in [1.165, 1.54) is 16.7 Å². The van der Waals surface area contributed by atoms with E-state index >= 15 is 0 Å². The highest BCUT2D eigenvalue weighted by Gasteiger charge is 2.26. The van der Waals surface area contributed by atoms with Crippen molar-refractivity contribution in [2.45, 2.75) is 59.2 Å². The highest BCUT2D eigenvalue weighted by Crippen LogP contribution is 2.27. The summed E-state index contributed by atoms with van der Waals surface area (Å²) in [5.74, 6) is 1.31. The van der Waals surface area contributed by atoms with Gasteiger partial charge in [0.05, 0.1) is 13.2 Å². The Morgan fingerprint density at radius 3 is 2.63 bits per heavy atom. The second kappa shape index (κ2) is 8.85. The second-order valence-corrected chi connectivity index (χ2v) is 7.58. The number of aryl methyl sites for hydroxylation is 2. The first-order valence-electron chi connectivity index (χ1n) is 9.98. The molecule has 1 aromatic heterocycles. The largest absolute Gasteiger partial charge is 0.383 e. The molecule has 0 saturated carbocycles. The van der Waals surface area contributed by atoms with Gasteiger partial charge in [-0.3, -0.25) is 9.47 Å². The molecule has 0 aliphatic carbocycles. The van der Waals surface area contributed by atoms with Crippen molar-refractivity contribution in [2.24, 2.45) is 0 Å². The van der Waals surface area contributed by atoms with Gasteiger partial charge >= 0.3 is 5.69 Å². The number of nitrogens with zero attached hydrogens (tertiary/aromatic N) is 4. The lowest BCUT2D eigenvalue weighted by atomic mass is 9.95. The molecule has 0 amide bonds. The third-order valence-electron chi connectivity index (χ3n) is 5.63. The van der Waals surface area contributed by atoms with Crippen LogP contribution in [0.15, 0.2) is 23.0 Å². The van der Waals surface area contributed by atoms with Crippen molar-refractivity contribution >= 4 is 0 Å². The number of ether oxygens (including phenoxy) is 1. The molecule has 1 aromatic carbocycles. The molecule has 0 atom stereocenters. The minimum Gasteiger partial charge on any atom is -0.383 e. The molecule has 0 spiro atoms. The maximum absolute atomic E-state index is 12.5. The van der Waals surface area contributed by atoms with Gasteiger partial charge in [0.25, 0.3) is 0 Å². The highest BCUT2D eigenvalue weighted by atomic mass is 16.5. The number of rotatable bonds is 7. The first-order valence-corrected chi connectivity index (χ1v) is 9.98. The molecule has 3 rings (SSSR count). The second-order valence-electron chi connectivity index (χ2n) is 7.58. The topological polar surface area (TPSA) is 52.3 Å². The number of benzene rings is 1. The van der Waals surface area contributed by atoms with Crippen LogP contribution < -0.4 is 5.69 Å². The Morgan fingerprint density at radius 1 is 1.22 bits per heavy atom. The monoisotopic (exact) mass is 372 g/mol. The Balaban J connectivity index is 1.67. The van der Waals surface area contributed by atoms with Crippen LogP contribution in [0.4, 0.5) is 0 Å². The van der Waals surface area contributed by atoms with Crippen LogP contribution in [0, 0.1) is 13.8 Å². The van der Waals surface area contributed by atoms with E-state index in [-0.39, 0.29) is 5.69 Å². The average molecular weight is 373 g/mol. The zero-order valence-electron chi connectivity index (χ0n) is 17.1. The Morgan fingerprint density at radius 2 is 1.96 bits per heavy atom. The predicted molar refractivity (Wildman–Crippen MR) is 107 cm³/mol. The van der Waals surface area contributed by atoms with E-state index in [2.05, 4.69) is 42.0 Å². The molecule has 0 bridgehead atoms. The van der Waals surface area contributed by atoms with E-state index in [4.69, 9.17) is 4.74 Å². The highest BCUT2D eigenvalue weighted by molar-refractivity contribution is 5.30. The van der Waals surface area contributed by atoms with E-state index in [9.17, 15) is 4.79 Å². The summed E-state index contributed by atoms with van der Waals surface area (Å²) in [6, 6.07) is 6.69. The first kappa shape index (κ1) is 19.8. The normalized spacial score (nSPS) is 16.1. The minimum absolute atomic E-state index is 0.0117. The number of likely N-dealkylation sites (tertiary alicyclic amines) is 1. The van der Waals surface area contributed by atoms with Crippen LogP contribution >= 0.6 is 0 Å². The van der Waals surface area contributed by atoms with Crippen molar-refractivity contribution in [1.29, 1.82) is 0 Å². The van der Waals surface area contributed by atoms with E-state index in [1.54, 1.807) is 11.8 Å². The van der Waals surface area contributed by atoms with E-state index in [0.717, 1.165) is 38.3 Å². The summed E-state index contributed by atoms with van der Waals surface area (Å²) in [5, 5.41) is 4.65. The van der Waals surface area contributed by atoms with Gasteiger partial charge in [0.15, 0.2) is 0 Å². The number of hydrogen-bond acceptors (Lipinski definition) is 4. The zero-order chi connectivity index (χ0) is 19.4. The fraction of sp³-hybridized carbons (Fsp3) is 0.619. The Bertz CT molecular complexity index is 816. The number of aromatic nitrogens is 3. The third-order valence-corrected chi connectivity index (χ3v) is 5.63. The lowest BCUT2D eigenvalue weighted by Gasteiger charge is -2.32. The van der Waals surface area contributed by atoms with E-state index < -0.39 is 0 Å². The Kier molecular flexibility index (Phi) is 6.50. The molecule has 6 nitrogen and oxygen atoms in total. The third kappa shape index (κ3) is 4.50. The van der Waals surface area contributed by atoms with Gasteiger partial charge in [0.2, 0.25) is 0 Å². The lowest BCUT2D eigenvalue weighted by Crippen LogP contribution is -2.34. The SMILES string of the molecule is CCn1c(C2CCN(Cc3cc(C)ccc3C)CC2)nn(CCOC)c1=O. The van der Waals surface area contributed by atoms with Gasteiger partial charge < -0.3 is 4.74 Å². The maximum atomic E-state index is 12.5. The van der Waals surface area contributed by atoms with Crippen molar-refractivity contribution < 1.29 is 4.74 Å². The number of methoxy groups -OCH3 is 1. The minimum atomic E-state index is -0.0117. The Hall–Kier alpha value is -1.92. The summed E-state index contributed by atoms with van der Waals surface area (Å²) in [5.41, 5.74) is 4.09. The first-order chi connectivity index (χ1) is 13.0. The van der Waals surface area contributed by atoms with Crippen LogP contribution in [0.1, 0.15) is 48.2 Å². The van der Waals surface area contributed by atoms with Crippen LogP contribution in [-0.4, -0.2) is 46.1 Å². The van der Waals surface area contributed by atoms with E-state index in [1.807, 2.05) is 11.5 Å². The standard InChI is InChI=1S/C21H32N4O2/c1-5-24-20(22-25(21(24)26)12-13-27-4)18-8-10-23(11-9-18)15-19-14-16(2)6-7-17(19)3/h6-7,14,18H,5,8-13,15H2,1-4H3. The molecule has 148 valence electrons. The summed E-state index contributed by atoms with van der Waals surface area (Å²) >= 11 is 0. The van der Waals surface area contributed by atoms with Gasteiger partial charge in [0.1, 0.15) is 5.82 Å². The van der Waals surface area contributed by atoms with Gasteiger partial charge in [-0.2, -0.15) is 5.10 Å². The predicted octanol–water partition coefficient (Wildman–Crippen LogP) is 2.71.